The Labute approximate surface area is 184 Å². The van der Waals surface area contributed by atoms with Gasteiger partial charge < -0.3 is 19.4 Å². The molecule has 2 aliphatic heterocycles. The highest BCUT2D eigenvalue weighted by Gasteiger charge is 2.48. The average molecular weight is 441 g/mol. The first kappa shape index (κ1) is 21.7. The Morgan fingerprint density at radius 2 is 2.00 bits per heavy atom. The molecule has 0 radical (unpaired) electrons. The lowest BCUT2D eigenvalue weighted by Gasteiger charge is -2.45. The van der Waals surface area contributed by atoms with E-state index in [0.717, 1.165) is 18.5 Å². The van der Waals surface area contributed by atoms with E-state index in [2.05, 4.69) is 47.7 Å². The molecule has 1 aromatic heterocycles. The van der Waals surface area contributed by atoms with Gasteiger partial charge in [-0.25, -0.2) is 4.79 Å². The van der Waals surface area contributed by atoms with Crippen molar-refractivity contribution in [3.63, 3.8) is 0 Å². The Morgan fingerprint density at radius 1 is 1.26 bits per heavy atom. The van der Waals surface area contributed by atoms with Crippen LogP contribution in [0.1, 0.15) is 30.6 Å². The van der Waals surface area contributed by atoms with Crippen LogP contribution in [0.2, 0.25) is 25.2 Å². The molecule has 1 N–H and O–H groups in total. The molecule has 1 aromatic carbocycles. The molecule has 166 valence electrons. The van der Waals surface area contributed by atoms with Crippen molar-refractivity contribution in [2.24, 2.45) is 5.92 Å². The zero-order valence-corrected chi connectivity index (χ0v) is 20.0. The third-order valence-electron chi connectivity index (χ3n) is 6.68. The summed E-state index contributed by atoms with van der Waals surface area (Å²) in [5, 5.41) is 1.27. The Hall–Kier alpha value is -2.54. The second kappa shape index (κ2) is 8.18. The van der Waals surface area contributed by atoms with Gasteiger partial charge in [0.05, 0.1) is 38.9 Å². The molecular formula is C24H32N2O4Si. The van der Waals surface area contributed by atoms with Crippen LogP contribution in [0.3, 0.4) is 0 Å². The Balaban J connectivity index is 1.81. The number of hydrogen-bond acceptors (Lipinski definition) is 5. The third kappa shape index (κ3) is 3.80. The number of carbonyl (C=O) groups excluding carboxylic acids is 2. The van der Waals surface area contributed by atoms with Crippen molar-refractivity contribution in [2.75, 3.05) is 20.3 Å². The van der Waals surface area contributed by atoms with Gasteiger partial charge in [0.25, 0.3) is 0 Å². The van der Waals surface area contributed by atoms with Crippen molar-refractivity contribution in [1.29, 1.82) is 0 Å². The first-order chi connectivity index (χ1) is 14.8. The number of ether oxygens (including phenoxy) is 2. The molecule has 2 unspecified atom stereocenters. The highest BCUT2D eigenvalue weighted by molar-refractivity contribution is 6.80. The van der Waals surface area contributed by atoms with Crippen LogP contribution in [0.5, 0.6) is 0 Å². The number of nitrogens with zero attached hydrogens (tertiary/aromatic N) is 1. The molecule has 7 heteroatoms. The van der Waals surface area contributed by atoms with Gasteiger partial charge in [0.2, 0.25) is 0 Å². The van der Waals surface area contributed by atoms with E-state index in [0.29, 0.717) is 18.6 Å². The lowest BCUT2D eigenvalue weighted by Crippen LogP contribution is -2.46. The molecule has 0 amide bonds. The highest BCUT2D eigenvalue weighted by atomic mass is 28.3. The van der Waals surface area contributed by atoms with Crippen molar-refractivity contribution in [2.45, 2.75) is 51.0 Å². The molecule has 0 aliphatic carbocycles. The fourth-order valence-corrected chi connectivity index (χ4v) is 7.69. The minimum atomic E-state index is -2.01. The summed E-state index contributed by atoms with van der Waals surface area (Å²) in [4.78, 5) is 31.8. The lowest BCUT2D eigenvalue weighted by atomic mass is 9.81. The van der Waals surface area contributed by atoms with Crippen molar-refractivity contribution >= 4 is 30.9 Å². The molecule has 6 nitrogen and oxygen atoms in total. The zero-order valence-electron chi connectivity index (χ0n) is 19.0. The van der Waals surface area contributed by atoms with Crippen LogP contribution < -0.4 is 0 Å². The second-order valence-electron chi connectivity index (χ2n) is 9.58. The molecule has 2 aliphatic rings. The fraction of sp³-hybridized carbons (Fsp3) is 0.500. The summed E-state index contributed by atoms with van der Waals surface area (Å²) in [7, 11) is -0.598. The van der Waals surface area contributed by atoms with Gasteiger partial charge in [0, 0.05) is 35.3 Å². The van der Waals surface area contributed by atoms with E-state index in [9.17, 15) is 9.59 Å². The van der Waals surface area contributed by atoms with Crippen molar-refractivity contribution in [3.05, 3.63) is 47.3 Å². The van der Waals surface area contributed by atoms with Crippen molar-refractivity contribution in [3.8, 4) is 0 Å². The second-order valence-corrected chi connectivity index (χ2v) is 14.9. The molecule has 4 rings (SSSR count). The van der Waals surface area contributed by atoms with E-state index in [1.165, 1.54) is 23.8 Å². The van der Waals surface area contributed by atoms with Gasteiger partial charge in [-0.3, -0.25) is 4.79 Å². The van der Waals surface area contributed by atoms with Crippen LogP contribution in [0.25, 0.3) is 10.9 Å². The number of nitrogens with one attached hydrogen (secondary N) is 1. The number of hydrogen-bond donors (Lipinski definition) is 1. The third-order valence-corrected chi connectivity index (χ3v) is 9.18. The zero-order chi connectivity index (χ0) is 22.3. The van der Waals surface area contributed by atoms with Crippen molar-refractivity contribution < 1.29 is 19.1 Å². The van der Waals surface area contributed by atoms with Gasteiger partial charge >= 0.3 is 11.9 Å². The number of H-pyrrole nitrogens is 1. The number of rotatable bonds is 5. The molecule has 2 aromatic rings. The SMILES string of the molecule is CCOC(=O)C(C1C[C@H]2c3[nH]c4ccccc4c3CCN2C=C1C(=O)OC)[Si](C)(C)C. The first-order valence-corrected chi connectivity index (χ1v) is 14.7. The minimum absolute atomic E-state index is 0.0998. The van der Waals surface area contributed by atoms with Crippen molar-refractivity contribution in [1.82, 2.24) is 9.88 Å². The highest BCUT2D eigenvalue weighted by Crippen LogP contribution is 2.48. The number of benzene rings is 1. The lowest BCUT2D eigenvalue weighted by molar-refractivity contribution is -0.144. The maximum Gasteiger partial charge on any atom is 0.335 e. The predicted octanol–water partition coefficient (Wildman–Crippen LogP) is 4.42. The van der Waals surface area contributed by atoms with E-state index in [1.807, 2.05) is 19.2 Å². The van der Waals surface area contributed by atoms with E-state index in [4.69, 9.17) is 9.47 Å². The maximum absolute atomic E-state index is 13.1. The molecule has 0 fully saturated rings. The summed E-state index contributed by atoms with van der Waals surface area (Å²) < 4.78 is 10.6. The number of carbonyl (C=O) groups is 2. The summed E-state index contributed by atoms with van der Waals surface area (Å²) in [5.41, 5.74) is 3.98. The molecule has 0 bridgehead atoms. The van der Waals surface area contributed by atoms with Crippen LogP contribution in [-0.4, -0.2) is 50.2 Å². The number of aromatic nitrogens is 1. The molecule has 0 spiro atoms. The number of methoxy groups -OCH3 is 1. The number of aromatic amines is 1. The van der Waals surface area contributed by atoms with Crippen LogP contribution >= 0.6 is 0 Å². The standard InChI is InChI=1S/C24H32N2O4Si/c1-6-30-24(28)22(31(3,4)5)17-13-20-21-16(15-9-7-8-10-19(15)25-21)11-12-26(20)14-18(17)23(27)29-2/h7-10,14,17,20,22,25H,6,11-13H2,1-5H3/t17?,20-,22?/m0/s1. The van der Waals surface area contributed by atoms with Crippen LogP contribution in [-0.2, 0) is 25.5 Å². The fourth-order valence-electron chi connectivity index (χ4n) is 5.38. The van der Waals surface area contributed by atoms with Crippen LogP contribution in [0, 0.1) is 5.92 Å². The Kier molecular flexibility index (Phi) is 5.72. The van der Waals surface area contributed by atoms with Gasteiger partial charge in [-0.1, -0.05) is 37.8 Å². The van der Waals surface area contributed by atoms with Gasteiger partial charge in [0.15, 0.2) is 0 Å². The summed E-state index contributed by atoms with van der Waals surface area (Å²) in [6, 6.07) is 8.49. The van der Waals surface area contributed by atoms with Crippen LogP contribution in [0.15, 0.2) is 36.0 Å². The quantitative estimate of drug-likeness (QED) is 0.551. The molecule has 3 heterocycles. The van der Waals surface area contributed by atoms with Crippen LogP contribution in [0.4, 0.5) is 0 Å². The van der Waals surface area contributed by atoms with Gasteiger partial charge in [-0.15, -0.1) is 0 Å². The number of esters is 2. The smallest absolute Gasteiger partial charge is 0.335 e. The molecular weight excluding hydrogens is 408 g/mol. The van der Waals surface area contributed by atoms with E-state index < -0.39 is 8.07 Å². The molecule has 0 saturated heterocycles. The molecule has 0 saturated carbocycles. The summed E-state index contributed by atoms with van der Waals surface area (Å²) in [6.07, 6.45) is 3.56. The largest absolute Gasteiger partial charge is 0.466 e. The summed E-state index contributed by atoms with van der Waals surface area (Å²) >= 11 is 0. The molecule has 3 atom stereocenters. The maximum atomic E-state index is 13.1. The summed E-state index contributed by atoms with van der Waals surface area (Å²) in [5.74, 6) is -0.766. The van der Waals surface area contributed by atoms with Gasteiger partial charge in [0.1, 0.15) is 0 Å². The number of fused-ring (bicyclic) bond motifs is 5. The Bertz CT molecular complexity index is 1040. The normalized spacial score (nSPS) is 21.7. The average Bonchev–Trinajstić information content (AvgIpc) is 3.11. The minimum Gasteiger partial charge on any atom is -0.466 e. The van der Waals surface area contributed by atoms with Gasteiger partial charge in [-0.2, -0.15) is 0 Å². The molecule has 31 heavy (non-hydrogen) atoms. The van der Waals surface area contributed by atoms with Gasteiger partial charge in [-0.05, 0) is 31.4 Å². The first-order valence-electron chi connectivity index (χ1n) is 11.1. The topological polar surface area (TPSA) is 71.6 Å². The van der Waals surface area contributed by atoms with E-state index in [-0.39, 0.29) is 29.4 Å². The number of para-hydroxylation sites is 1. The van der Waals surface area contributed by atoms with E-state index in [1.54, 1.807) is 0 Å². The predicted molar refractivity (Wildman–Crippen MR) is 123 cm³/mol. The monoisotopic (exact) mass is 440 g/mol. The summed E-state index contributed by atoms with van der Waals surface area (Å²) in [6.45, 7) is 9.52. The van der Waals surface area contributed by atoms with E-state index >= 15 is 0 Å². The Morgan fingerprint density at radius 3 is 2.68 bits per heavy atom.